The minimum Gasteiger partial charge on any atom is -0.467 e. The van der Waals surface area contributed by atoms with Crippen LogP contribution in [0.4, 0.5) is 0 Å². The van der Waals surface area contributed by atoms with Crippen molar-refractivity contribution < 1.29 is 9.53 Å². The summed E-state index contributed by atoms with van der Waals surface area (Å²) in [6.45, 7) is 1.94. The number of ether oxygens (including phenoxy) is 1. The molecule has 5 nitrogen and oxygen atoms in total. The summed E-state index contributed by atoms with van der Waals surface area (Å²) in [5, 5.41) is 3.76. The van der Waals surface area contributed by atoms with Gasteiger partial charge in [-0.25, -0.2) is 9.97 Å². The molecular formula is C20H21N3O2. The Morgan fingerprint density at radius 3 is 2.68 bits per heavy atom. The van der Waals surface area contributed by atoms with E-state index in [9.17, 15) is 4.79 Å². The number of aryl methyl sites for hydroxylation is 1. The second kappa shape index (κ2) is 8.24. The Kier molecular flexibility index (Phi) is 5.57. The first-order chi connectivity index (χ1) is 12.2. The fourth-order valence-electron chi connectivity index (χ4n) is 2.65. The van der Waals surface area contributed by atoms with E-state index >= 15 is 0 Å². The molecular weight excluding hydrogens is 314 g/mol. The Morgan fingerprint density at radius 2 is 1.84 bits per heavy atom. The molecule has 1 N–H and O–H groups in total. The van der Waals surface area contributed by atoms with Crippen LogP contribution in [0, 0.1) is 0 Å². The van der Waals surface area contributed by atoms with Crippen molar-refractivity contribution in [1.82, 2.24) is 15.3 Å². The molecule has 0 radical (unpaired) electrons. The van der Waals surface area contributed by atoms with Gasteiger partial charge >= 0.3 is 0 Å². The van der Waals surface area contributed by atoms with E-state index in [1.54, 1.807) is 0 Å². The molecule has 0 fully saturated rings. The van der Waals surface area contributed by atoms with Crippen molar-refractivity contribution in [1.29, 1.82) is 0 Å². The average molecular weight is 335 g/mol. The number of amides is 1. The normalized spacial score (nSPS) is 11.9. The van der Waals surface area contributed by atoms with Gasteiger partial charge in [-0.15, -0.1) is 0 Å². The summed E-state index contributed by atoms with van der Waals surface area (Å²) in [4.78, 5) is 20.4. The summed E-state index contributed by atoms with van der Waals surface area (Å²) in [7, 11) is 0. The van der Waals surface area contributed by atoms with Crippen LogP contribution in [-0.4, -0.2) is 28.5 Å². The molecule has 1 heterocycles. The monoisotopic (exact) mass is 335 g/mol. The number of aromatic nitrogens is 2. The molecule has 128 valence electrons. The van der Waals surface area contributed by atoms with Crippen LogP contribution in [0.1, 0.15) is 18.9 Å². The van der Waals surface area contributed by atoms with Gasteiger partial charge in [0.1, 0.15) is 6.33 Å². The molecule has 0 spiro atoms. The zero-order chi connectivity index (χ0) is 17.5. The maximum atomic E-state index is 12.1. The van der Waals surface area contributed by atoms with E-state index in [0.717, 1.165) is 23.7 Å². The van der Waals surface area contributed by atoms with Gasteiger partial charge in [-0.3, -0.25) is 4.79 Å². The molecule has 0 saturated carbocycles. The smallest absolute Gasteiger partial charge is 0.258 e. The van der Waals surface area contributed by atoms with Crippen LogP contribution in [0.2, 0.25) is 0 Å². The number of nitrogens with one attached hydrogen (secondary N) is 1. The Labute approximate surface area is 147 Å². The summed E-state index contributed by atoms with van der Waals surface area (Å²) in [5.41, 5.74) is 2.07. The van der Waals surface area contributed by atoms with Crippen LogP contribution < -0.4 is 10.1 Å². The molecule has 2 aromatic carbocycles. The summed E-state index contributed by atoms with van der Waals surface area (Å²) in [6, 6.07) is 17.9. The van der Waals surface area contributed by atoms with Crippen LogP contribution in [0.15, 0.2) is 60.9 Å². The van der Waals surface area contributed by atoms with Gasteiger partial charge in [0, 0.05) is 6.04 Å². The van der Waals surface area contributed by atoms with E-state index in [1.807, 2.05) is 49.4 Å². The number of rotatable bonds is 7. The fraction of sp³-hybridized carbons (Fsp3) is 0.250. The van der Waals surface area contributed by atoms with Crippen molar-refractivity contribution in [2.75, 3.05) is 6.61 Å². The third-order valence-corrected chi connectivity index (χ3v) is 3.96. The zero-order valence-electron chi connectivity index (χ0n) is 14.2. The van der Waals surface area contributed by atoms with Gasteiger partial charge in [0.15, 0.2) is 6.61 Å². The van der Waals surface area contributed by atoms with Crippen LogP contribution in [0.25, 0.3) is 10.9 Å². The van der Waals surface area contributed by atoms with Crippen molar-refractivity contribution in [2.45, 2.75) is 25.8 Å². The van der Waals surface area contributed by atoms with Gasteiger partial charge in [-0.2, -0.15) is 0 Å². The molecule has 0 saturated heterocycles. The van der Waals surface area contributed by atoms with Gasteiger partial charge in [0.05, 0.1) is 10.9 Å². The molecule has 0 bridgehead atoms. The molecule has 0 aliphatic rings. The van der Waals surface area contributed by atoms with E-state index in [0.29, 0.717) is 5.88 Å². The van der Waals surface area contributed by atoms with E-state index in [-0.39, 0.29) is 18.6 Å². The highest BCUT2D eigenvalue weighted by molar-refractivity contribution is 5.84. The van der Waals surface area contributed by atoms with E-state index in [2.05, 4.69) is 27.4 Å². The Balaban J connectivity index is 1.49. The maximum Gasteiger partial charge on any atom is 0.258 e. The van der Waals surface area contributed by atoms with Crippen molar-refractivity contribution in [3.8, 4) is 5.88 Å². The fourth-order valence-corrected chi connectivity index (χ4v) is 2.65. The van der Waals surface area contributed by atoms with Crippen LogP contribution >= 0.6 is 0 Å². The Bertz CT molecular complexity index is 831. The zero-order valence-corrected chi connectivity index (χ0v) is 14.2. The summed E-state index contributed by atoms with van der Waals surface area (Å²) >= 11 is 0. The molecule has 3 aromatic rings. The molecule has 0 unspecified atom stereocenters. The Hall–Kier alpha value is -2.95. The maximum absolute atomic E-state index is 12.1. The van der Waals surface area contributed by atoms with Gasteiger partial charge in [-0.1, -0.05) is 42.5 Å². The van der Waals surface area contributed by atoms with E-state index in [1.165, 1.54) is 11.9 Å². The summed E-state index contributed by atoms with van der Waals surface area (Å²) < 4.78 is 5.58. The number of fused-ring (bicyclic) bond motifs is 1. The van der Waals surface area contributed by atoms with Gasteiger partial charge in [0.25, 0.3) is 5.91 Å². The van der Waals surface area contributed by atoms with Gasteiger partial charge < -0.3 is 10.1 Å². The van der Waals surface area contributed by atoms with E-state index < -0.39 is 0 Å². The molecule has 1 amide bonds. The molecule has 25 heavy (non-hydrogen) atoms. The predicted octanol–water partition coefficient (Wildman–Crippen LogP) is 3.15. The van der Waals surface area contributed by atoms with Gasteiger partial charge in [0.2, 0.25) is 5.88 Å². The SMILES string of the molecule is C[C@@H](CCc1ccccc1)NC(=O)COc1ncnc2ccccc12. The van der Waals surface area contributed by atoms with Crippen molar-refractivity contribution in [2.24, 2.45) is 0 Å². The first-order valence-electron chi connectivity index (χ1n) is 8.38. The van der Waals surface area contributed by atoms with Crippen molar-refractivity contribution >= 4 is 16.8 Å². The van der Waals surface area contributed by atoms with Crippen molar-refractivity contribution in [3.63, 3.8) is 0 Å². The highest BCUT2D eigenvalue weighted by Crippen LogP contribution is 2.20. The average Bonchev–Trinajstić information content (AvgIpc) is 2.65. The first kappa shape index (κ1) is 16.9. The lowest BCUT2D eigenvalue weighted by Crippen LogP contribution is -2.36. The molecule has 0 aliphatic heterocycles. The third kappa shape index (κ3) is 4.76. The van der Waals surface area contributed by atoms with Crippen LogP contribution in [-0.2, 0) is 11.2 Å². The lowest BCUT2D eigenvalue weighted by atomic mass is 10.1. The predicted molar refractivity (Wildman–Crippen MR) is 97.4 cm³/mol. The largest absolute Gasteiger partial charge is 0.467 e. The number of benzene rings is 2. The minimum absolute atomic E-state index is 0.0588. The standard InChI is InChI=1S/C20H21N3O2/c1-15(11-12-16-7-3-2-4-8-16)23-19(24)13-25-20-17-9-5-6-10-18(17)21-14-22-20/h2-10,14-15H,11-13H2,1H3,(H,23,24)/t15-/m0/s1. The highest BCUT2D eigenvalue weighted by atomic mass is 16.5. The second-order valence-corrected chi connectivity index (χ2v) is 5.98. The molecule has 5 heteroatoms. The summed E-state index contributed by atoms with van der Waals surface area (Å²) in [6.07, 6.45) is 3.25. The first-order valence-corrected chi connectivity index (χ1v) is 8.38. The second-order valence-electron chi connectivity index (χ2n) is 5.98. The molecule has 1 atom stereocenters. The van der Waals surface area contributed by atoms with Gasteiger partial charge in [-0.05, 0) is 37.5 Å². The number of carbonyl (C=O) groups is 1. The van der Waals surface area contributed by atoms with Crippen molar-refractivity contribution in [3.05, 3.63) is 66.5 Å². The molecule has 0 aliphatic carbocycles. The number of hydrogen-bond acceptors (Lipinski definition) is 4. The number of hydrogen-bond donors (Lipinski definition) is 1. The summed E-state index contributed by atoms with van der Waals surface area (Å²) in [5.74, 6) is 0.279. The van der Waals surface area contributed by atoms with Crippen LogP contribution in [0.5, 0.6) is 5.88 Å². The number of para-hydroxylation sites is 1. The lowest BCUT2D eigenvalue weighted by Gasteiger charge is -2.14. The number of nitrogens with zero attached hydrogens (tertiary/aromatic N) is 2. The topological polar surface area (TPSA) is 64.1 Å². The number of carbonyl (C=O) groups excluding carboxylic acids is 1. The Morgan fingerprint density at radius 1 is 1.08 bits per heavy atom. The highest BCUT2D eigenvalue weighted by Gasteiger charge is 2.10. The van der Waals surface area contributed by atoms with Crippen LogP contribution in [0.3, 0.4) is 0 Å². The molecule has 1 aromatic heterocycles. The lowest BCUT2D eigenvalue weighted by molar-refractivity contribution is -0.123. The van der Waals surface area contributed by atoms with E-state index in [4.69, 9.17) is 4.74 Å². The quantitative estimate of drug-likeness (QED) is 0.720. The molecule has 3 rings (SSSR count). The third-order valence-electron chi connectivity index (χ3n) is 3.96. The minimum atomic E-state index is -0.150.